The highest BCUT2D eigenvalue weighted by molar-refractivity contribution is 5.86. The van der Waals surface area contributed by atoms with Crippen LogP contribution in [0.1, 0.15) is 45.1 Å². The summed E-state index contributed by atoms with van der Waals surface area (Å²) in [4.78, 5) is 12.3. The van der Waals surface area contributed by atoms with Crippen LogP contribution >= 0.6 is 0 Å². The Morgan fingerprint density at radius 3 is 2.28 bits per heavy atom. The lowest BCUT2D eigenvalue weighted by Gasteiger charge is -2.18. The van der Waals surface area contributed by atoms with Gasteiger partial charge in [0.15, 0.2) is 0 Å². The van der Waals surface area contributed by atoms with Crippen LogP contribution in [0.25, 0.3) is 0 Å². The van der Waals surface area contributed by atoms with Gasteiger partial charge in [0.1, 0.15) is 5.78 Å². The second kappa shape index (κ2) is 7.32. The lowest BCUT2D eigenvalue weighted by molar-refractivity contribution is -0.121. The van der Waals surface area contributed by atoms with E-state index in [-0.39, 0.29) is 11.7 Å². The number of hydrogen-bond acceptors (Lipinski definition) is 2. The lowest BCUT2D eigenvalue weighted by atomic mass is 9.87. The van der Waals surface area contributed by atoms with Crippen LogP contribution in [0.5, 0.6) is 0 Å². The van der Waals surface area contributed by atoms with Crippen molar-refractivity contribution < 1.29 is 4.79 Å². The van der Waals surface area contributed by atoms with E-state index in [1.807, 2.05) is 30.3 Å². The molecule has 0 aliphatic heterocycles. The van der Waals surface area contributed by atoms with Crippen molar-refractivity contribution >= 4 is 5.78 Å². The summed E-state index contributed by atoms with van der Waals surface area (Å²) in [6.07, 6.45) is 1.73. The Bertz CT molecular complexity index is 359. The van der Waals surface area contributed by atoms with E-state index in [1.165, 1.54) is 0 Å². The third-order valence-corrected chi connectivity index (χ3v) is 3.25. The summed E-state index contributed by atoms with van der Waals surface area (Å²) in [7, 11) is 0. The van der Waals surface area contributed by atoms with Gasteiger partial charge in [-0.1, -0.05) is 51.1 Å². The smallest absolute Gasteiger partial charge is 0.141 e. The zero-order valence-electron chi connectivity index (χ0n) is 11.7. The summed E-state index contributed by atoms with van der Waals surface area (Å²) in [5.41, 5.74) is 6.81. The van der Waals surface area contributed by atoms with Crippen molar-refractivity contribution in [3.05, 3.63) is 35.9 Å². The minimum atomic E-state index is -0.138. The van der Waals surface area contributed by atoms with Gasteiger partial charge in [0.2, 0.25) is 0 Å². The maximum Gasteiger partial charge on any atom is 0.141 e. The van der Waals surface area contributed by atoms with Crippen molar-refractivity contribution in [2.75, 3.05) is 6.54 Å². The Labute approximate surface area is 111 Å². The molecule has 0 heterocycles. The third kappa shape index (κ3) is 4.61. The van der Waals surface area contributed by atoms with E-state index in [0.717, 1.165) is 12.0 Å². The Balaban J connectivity index is 2.63. The quantitative estimate of drug-likeness (QED) is 0.802. The molecule has 0 aliphatic carbocycles. The predicted octanol–water partition coefficient (Wildman–Crippen LogP) is 3.37. The van der Waals surface area contributed by atoms with Crippen LogP contribution < -0.4 is 5.73 Å². The normalized spacial score (nSPS) is 14.5. The van der Waals surface area contributed by atoms with Crippen LogP contribution in [0.2, 0.25) is 0 Å². The number of carbonyl (C=O) groups is 1. The zero-order chi connectivity index (χ0) is 13.5. The first-order valence-corrected chi connectivity index (χ1v) is 6.82. The Hall–Kier alpha value is -1.15. The first-order chi connectivity index (χ1) is 8.54. The highest BCUT2D eigenvalue weighted by Crippen LogP contribution is 2.22. The number of rotatable bonds is 7. The maximum atomic E-state index is 12.3. The summed E-state index contributed by atoms with van der Waals surface area (Å²) >= 11 is 0. The van der Waals surface area contributed by atoms with Crippen LogP contribution in [0.3, 0.4) is 0 Å². The fraction of sp³-hybridized carbons (Fsp3) is 0.562. The average molecular weight is 247 g/mol. The fourth-order valence-corrected chi connectivity index (χ4v) is 2.51. The Morgan fingerprint density at radius 2 is 1.78 bits per heavy atom. The van der Waals surface area contributed by atoms with Gasteiger partial charge in [-0.25, -0.2) is 0 Å². The molecule has 2 atom stereocenters. The van der Waals surface area contributed by atoms with Crippen molar-refractivity contribution in [3.63, 3.8) is 0 Å². The molecule has 0 radical (unpaired) electrons. The standard InChI is InChI=1S/C16H25NO/c1-12(2)9-13(3)10-16(18)15(11-17)14-7-5-4-6-8-14/h4-8,12-13,15H,9-11,17H2,1-3H3. The third-order valence-electron chi connectivity index (χ3n) is 3.25. The molecular weight excluding hydrogens is 222 g/mol. The molecule has 0 bridgehead atoms. The maximum absolute atomic E-state index is 12.3. The van der Waals surface area contributed by atoms with Gasteiger partial charge in [-0.05, 0) is 23.8 Å². The number of benzene rings is 1. The fourth-order valence-electron chi connectivity index (χ4n) is 2.51. The van der Waals surface area contributed by atoms with Crippen LogP contribution in [-0.4, -0.2) is 12.3 Å². The molecule has 0 saturated heterocycles. The van der Waals surface area contributed by atoms with E-state index in [1.54, 1.807) is 0 Å². The number of carbonyl (C=O) groups excluding carboxylic acids is 1. The average Bonchev–Trinajstić information content (AvgIpc) is 2.29. The molecule has 0 aliphatic rings. The highest BCUT2D eigenvalue weighted by atomic mass is 16.1. The monoisotopic (exact) mass is 247 g/mol. The van der Waals surface area contributed by atoms with Gasteiger partial charge in [0.05, 0.1) is 5.92 Å². The van der Waals surface area contributed by atoms with Crippen LogP contribution in [0.15, 0.2) is 30.3 Å². The molecule has 1 rings (SSSR count). The number of hydrogen-bond donors (Lipinski definition) is 1. The largest absolute Gasteiger partial charge is 0.329 e. The van der Waals surface area contributed by atoms with E-state index in [9.17, 15) is 4.79 Å². The van der Waals surface area contributed by atoms with E-state index in [4.69, 9.17) is 5.73 Å². The van der Waals surface area contributed by atoms with Crippen molar-refractivity contribution in [2.24, 2.45) is 17.6 Å². The summed E-state index contributed by atoms with van der Waals surface area (Å²) in [5.74, 6) is 1.22. The lowest BCUT2D eigenvalue weighted by Crippen LogP contribution is -2.23. The molecule has 1 aromatic carbocycles. The predicted molar refractivity (Wildman–Crippen MR) is 76.5 cm³/mol. The molecule has 2 unspecified atom stereocenters. The van der Waals surface area contributed by atoms with Gasteiger partial charge in [0, 0.05) is 13.0 Å². The van der Waals surface area contributed by atoms with E-state index < -0.39 is 0 Å². The Kier molecular flexibility index (Phi) is 6.06. The molecule has 0 saturated carbocycles. The molecule has 0 spiro atoms. The summed E-state index contributed by atoms with van der Waals surface area (Å²) in [6, 6.07) is 9.86. The van der Waals surface area contributed by atoms with Gasteiger partial charge in [-0.15, -0.1) is 0 Å². The minimum Gasteiger partial charge on any atom is -0.329 e. The molecule has 2 heteroatoms. The minimum absolute atomic E-state index is 0.138. The Morgan fingerprint density at radius 1 is 1.17 bits per heavy atom. The SMILES string of the molecule is CC(C)CC(C)CC(=O)C(CN)c1ccccc1. The van der Waals surface area contributed by atoms with Gasteiger partial charge >= 0.3 is 0 Å². The molecule has 2 N–H and O–H groups in total. The van der Waals surface area contributed by atoms with Crippen molar-refractivity contribution in [1.29, 1.82) is 0 Å². The van der Waals surface area contributed by atoms with Crippen molar-refractivity contribution in [2.45, 2.75) is 39.5 Å². The molecule has 0 fully saturated rings. The van der Waals surface area contributed by atoms with Crippen LogP contribution in [-0.2, 0) is 4.79 Å². The van der Waals surface area contributed by atoms with Crippen molar-refractivity contribution in [3.8, 4) is 0 Å². The number of ketones is 1. The second-order valence-electron chi connectivity index (χ2n) is 5.60. The van der Waals surface area contributed by atoms with Gasteiger partial charge in [-0.3, -0.25) is 4.79 Å². The summed E-state index contributed by atoms with van der Waals surface area (Å²) in [5, 5.41) is 0. The van der Waals surface area contributed by atoms with Crippen LogP contribution in [0, 0.1) is 11.8 Å². The van der Waals surface area contributed by atoms with Crippen molar-refractivity contribution in [1.82, 2.24) is 0 Å². The number of nitrogens with two attached hydrogens (primary N) is 1. The molecular formula is C16H25NO. The second-order valence-corrected chi connectivity index (χ2v) is 5.60. The molecule has 100 valence electrons. The summed E-state index contributed by atoms with van der Waals surface area (Å²) < 4.78 is 0. The zero-order valence-corrected chi connectivity index (χ0v) is 11.7. The van der Waals surface area contributed by atoms with E-state index in [0.29, 0.717) is 24.8 Å². The van der Waals surface area contributed by atoms with Gasteiger partial charge in [0.25, 0.3) is 0 Å². The van der Waals surface area contributed by atoms with Gasteiger partial charge in [-0.2, -0.15) is 0 Å². The summed E-state index contributed by atoms with van der Waals surface area (Å²) in [6.45, 7) is 6.94. The first kappa shape index (κ1) is 14.9. The molecule has 0 amide bonds. The first-order valence-electron chi connectivity index (χ1n) is 6.82. The molecule has 1 aromatic rings. The molecule has 18 heavy (non-hydrogen) atoms. The topological polar surface area (TPSA) is 43.1 Å². The molecule has 2 nitrogen and oxygen atoms in total. The molecule has 0 aromatic heterocycles. The van der Waals surface area contributed by atoms with E-state index >= 15 is 0 Å². The van der Waals surface area contributed by atoms with Crippen LogP contribution in [0.4, 0.5) is 0 Å². The van der Waals surface area contributed by atoms with Gasteiger partial charge < -0.3 is 5.73 Å². The van der Waals surface area contributed by atoms with E-state index in [2.05, 4.69) is 20.8 Å². The highest BCUT2D eigenvalue weighted by Gasteiger charge is 2.20. The number of Topliss-reactive ketones (excluding diaryl/α,β-unsaturated/α-hetero) is 1.